The molecule has 1 aliphatic rings. The van der Waals surface area contributed by atoms with Gasteiger partial charge in [-0.3, -0.25) is 4.98 Å². The number of sulfonamides is 1. The topological polar surface area (TPSA) is 59.5 Å². The summed E-state index contributed by atoms with van der Waals surface area (Å²) in [6, 6.07) is 6.88. The Bertz CT molecular complexity index is 817. The first-order valence-corrected chi connectivity index (χ1v) is 9.30. The number of halogens is 2. The molecular formula is C16H16ClFN2O3S. The molecule has 0 amide bonds. The van der Waals surface area contributed by atoms with Crippen LogP contribution in [0.5, 0.6) is 5.75 Å². The number of nitrogens with zero attached hydrogens (tertiary/aromatic N) is 2. The van der Waals surface area contributed by atoms with E-state index in [9.17, 15) is 12.8 Å². The molecule has 24 heavy (non-hydrogen) atoms. The van der Waals surface area contributed by atoms with Gasteiger partial charge in [0.05, 0.1) is 16.5 Å². The van der Waals surface area contributed by atoms with Crippen molar-refractivity contribution in [1.29, 1.82) is 0 Å². The molecule has 1 atom stereocenters. The van der Waals surface area contributed by atoms with Gasteiger partial charge >= 0.3 is 0 Å². The van der Waals surface area contributed by atoms with E-state index in [4.69, 9.17) is 16.3 Å². The van der Waals surface area contributed by atoms with Gasteiger partial charge in [-0.1, -0.05) is 11.6 Å². The van der Waals surface area contributed by atoms with Gasteiger partial charge in [0.1, 0.15) is 17.7 Å². The molecule has 0 aliphatic carbocycles. The van der Waals surface area contributed by atoms with E-state index in [-0.39, 0.29) is 22.6 Å². The number of ether oxygens (including phenoxy) is 1. The fraction of sp³-hybridized carbons (Fsp3) is 0.312. The molecule has 128 valence electrons. The van der Waals surface area contributed by atoms with Crippen molar-refractivity contribution in [3.05, 3.63) is 53.6 Å². The lowest BCUT2D eigenvalue weighted by Crippen LogP contribution is -2.44. The average molecular weight is 371 g/mol. The summed E-state index contributed by atoms with van der Waals surface area (Å²) in [5.41, 5.74) is 0. The Balaban J connectivity index is 1.77. The van der Waals surface area contributed by atoms with Crippen molar-refractivity contribution in [2.75, 3.05) is 13.1 Å². The molecular weight excluding hydrogens is 355 g/mol. The van der Waals surface area contributed by atoms with Crippen molar-refractivity contribution in [2.24, 2.45) is 0 Å². The Morgan fingerprint density at radius 1 is 1.25 bits per heavy atom. The van der Waals surface area contributed by atoms with E-state index in [0.29, 0.717) is 18.7 Å². The van der Waals surface area contributed by atoms with Crippen molar-refractivity contribution < 1.29 is 17.5 Å². The van der Waals surface area contributed by atoms with Crippen molar-refractivity contribution in [3.63, 3.8) is 0 Å². The monoisotopic (exact) mass is 370 g/mol. The van der Waals surface area contributed by atoms with Crippen LogP contribution in [0.15, 0.2) is 47.6 Å². The standard InChI is InChI=1S/C16H16ClFN2O3S/c17-15-10-14(3-4-16(15)18)24(21,22)20-9-1-2-13(11-20)23-12-5-7-19-8-6-12/h3-8,10,13H,1-2,9,11H2. The van der Waals surface area contributed by atoms with Crippen molar-refractivity contribution in [1.82, 2.24) is 9.29 Å². The molecule has 8 heteroatoms. The zero-order valence-electron chi connectivity index (χ0n) is 12.7. The smallest absolute Gasteiger partial charge is 0.243 e. The molecule has 1 aromatic heterocycles. The van der Waals surface area contributed by atoms with Crippen LogP contribution >= 0.6 is 11.6 Å². The minimum Gasteiger partial charge on any atom is -0.489 e. The maximum Gasteiger partial charge on any atom is 0.243 e. The number of aromatic nitrogens is 1. The summed E-state index contributed by atoms with van der Waals surface area (Å²) in [7, 11) is -3.74. The number of pyridine rings is 1. The van der Waals surface area contributed by atoms with E-state index in [1.165, 1.54) is 10.4 Å². The number of hydrogen-bond acceptors (Lipinski definition) is 4. The Morgan fingerprint density at radius 2 is 2.00 bits per heavy atom. The van der Waals surface area contributed by atoms with Crippen LogP contribution in [0.4, 0.5) is 4.39 Å². The third-order valence-corrected chi connectivity index (χ3v) is 5.97. The second-order valence-corrected chi connectivity index (χ2v) is 7.85. The van der Waals surface area contributed by atoms with Crippen LogP contribution in [-0.2, 0) is 10.0 Å². The molecule has 0 bridgehead atoms. The average Bonchev–Trinajstić information content (AvgIpc) is 2.58. The van der Waals surface area contributed by atoms with Gasteiger partial charge in [-0.2, -0.15) is 4.31 Å². The number of hydrogen-bond donors (Lipinski definition) is 0. The SMILES string of the molecule is O=S(=O)(c1ccc(F)c(Cl)c1)N1CCCC(Oc2ccncc2)C1. The van der Waals surface area contributed by atoms with Gasteiger partial charge in [-0.25, -0.2) is 12.8 Å². The first-order chi connectivity index (χ1) is 11.5. The molecule has 1 fully saturated rings. The van der Waals surface area contributed by atoms with E-state index < -0.39 is 15.8 Å². The van der Waals surface area contributed by atoms with Crippen LogP contribution in [-0.4, -0.2) is 36.9 Å². The summed E-state index contributed by atoms with van der Waals surface area (Å²) < 4.78 is 45.9. The molecule has 2 heterocycles. The minimum atomic E-state index is -3.74. The van der Waals surface area contributed by atoms with Crippen LogP contribution in [0, 0.1) is 5.82 Å². The van der Waals surface area contributed by atoms with E-state index >= 15 is 0 Å². The lowest BCUT2D eigenvalue weighted by atomic mass is 10.1. The van der Waals surface area contributed by atoms with Crippen molar-refractivity contribution >= 4 is 21.6 Å². The van der Waals surface area contributed by atoms with Gasteiger partial charge < -0.3 is 4.74 Å². The Kier molecular flexibility index (Phi) is 5.03. The van der Waals surface area contributed by atoms with Crippen LogP contribution < -0.4 is 4.74 Å². The number of rotatable bonds is 4. The van der Waals surface area contributed by atoms with Crippen molar-refractivity contribution in [2.45, 2.75) is 23.8 Å². The first kappa shape index (κ1) is 17.1. The molecule has 1 unspecified atom stereocenters. The fourth-order valence-corrected chi connectivity index (χ4v) is 4.40. The minimum absolute atomic E-state index is 0.0153. The highest BCUT2D eigenvalue weighted by Gasteiger charge is 2.31. The third-order valence-electron chi connectivity index (χ3n) is 3.82. The lowest BCUT2D eigenvalue weighted by Gasteiger charge is -2.32. The Labute approximate surface area is 145 Å². The molecule has 0 N–H and O–H groups in total. The summed E-state index contributed by atoms with van der Waals surface area (Å²) in [6.45, 7) is 0.632. The molecule has 0 saturated carbocycles. The summed E-state index contributed by atoms with van der Waals surface area (Å²) in [4.78, 5) is 3.90. The predicted molar refractivity (Wildman–Crippen MR) is 88.1 cm³/mol. The summed E-state index contributed by atoms with van der Waals surface area (Å²) >= 11 is 5.71. The van der Waals surface area contributed by atoms with E-state index in [1.54, 1.807) is 24.5 Å². The summed E-state index contributed by atoms with van der Waals surface area (Å²) in [5, 5.41) is -0.210. The predicted octanol–water partition coefficient (Wildman–Crippen LogP) is 3.11. The van der Waals surface area contributed by atoms with Crippen LogP contribution in [0.25, 0.3) is 0 Å². The van der Waals surface area contributed by atoms with E-state index in [0.717, 1.165) is 18.6 Å². The van der Waals surface area contributed by atoms with E-state index in [2.05, 4.69) is 4.98 Å². The lowest BCUT2D eigenvalue weighted by molar-refractivity contribution is 0.129. The van der Waals surface area contributed by atoms with Gasteiger partial charge in [0.15, 0.2) is 0 Å². The molecule has 1 aliphatic heterocycles. The molecule has 1 saturated heterocycles. The molecule has 0 radical (unpaired) electrons. The van der Waals surface area contributed by atoms with Crippen molar-refractivity contribution in [3.8, 4) is 5.75 Å². The normalized spacial score (nSPS) is 19.2. The van der Waals surface area contributed by atoms with Crippen LogP contribution in [0.2, 0.25) is 5.02 Å². The zero-order chi connectivity index (χ0) is 17.2. The molecule has 1 aromatic carbocycles. The zero-order valence-corrected chi connectivity index (χ0v) is 14.3. The second kappa shape index (κ2) is 7.04. The maximum atomic E-state index is 13.3. The van der Waals surface area contributed by atoms with Gasteiger partial charge in [0.2, 0.25) is 10.0 Å². The Morgan fingerprint density at radius 3 is 2.71 bits per heavy atom. The molecule has 3 rings (SSSR count). The third kappa shape index (κ3) is 3.68. The number of piperidine rings is 1. The molecule has 2 aromatic rings. The van der Waals surface area contributed by atoms with Gasteiger partial charge in [-0.15, -0.1) is 0 Å². The van der Waals surface area contributed by atoms with Gasteiger partial charge in [0, 0.05) is 18.9 Å². The van der Waals surface area contributed by atoms with Gasteiger partial charge in [0.25, 0.3) is 0 Å². The molecule has 5 nitrogen and oxygen atoms in total. The van der Waals surface area contributed by atoms with Gasteiger partial charge in [-0.05, 0) is 43.2 Å². The van der Waals surface area contributed by atoms with Crippen LogP contribution in [0.3, 0.4) is 0 Å². The summed E-state index contributed by atoms with van der Waals surface area (Å²) in [5.74, 6) is 0.00670. The largest absolute Gasteiger partial charge is 0.489 e. The second-order valence-electron chi connectivity index (χ2n) is 5.50. The summed E-state index contributed by atoms with van der Waals surface area (Å²) in [6.07, 6.45) is 4.44. The van der Waals surface area contributed by atoms with Crippen LogP contribution in [0.1, 0.15) is 12.8 Å². The maximum absolute atomic E-state index is 13.3. The fourth-order valence-electron chi connectivity index (χ4n) is 2.62. The quantitative estimate of drug-likeness (QED) is 0.829. The Hall–Kier alpha value is -1.70. The van der Waals surface area contributed by atoms with E-state index in [1.807, 2.05) is 0 Å². The highest BCUT2D eigenvalue weighted by Crippen LogP contribution is 2.26. The highest BCUT2D eigenvalue weighted by atomic mass is 35.5. The highest BCUT2D eigenvalue weighted by molar-refractivity contribution is 7.89. The molecule has 0 spiro atoms. The number of benzene rings is 1. The first-order valence-electron chi connectivity index (χ1n) is 7.49.